The molecular weight excluding hydrogens is 277 g/mol. The summed E-state index contributed by atoms with van der Waals surface area (Å²) in [6.45, 7) is 0.686. The van der Waals surface area contributed by atoms with Crippen LogP contribution in [0.1, 0.15) is 5.56 Å². The lowest BCUT2D eigenvalue weighted by Gasteiger charge is -2.05. The Hall–Kier alpha value is -1.00. The summed E-state index contributed by atoms with van der Waals surface area (Å²) >= 11 is 9.44. The molecule has 1 aromatic heterocycles. The molecule has 2 rings (SSSR count). The summed E-state index contributed by atoms with van der Waals surface area (Å²) in [5.41, 5.74) is 2.01. The van der Waals surface area contributed by atoms with Gasteiger partial charge in [-0.05, 0) is 17.7 Å². The van der Waals surface area contributed by atoms with E-state index in [9.17, 15) is 0 Å². The second kappa shape index (κ2) is 4.68. The predicted molar refractivity (Wildman–Crippen MR) is 65.1 cm³/mol. The number of nitrogens with zero attached hydrogens (tertiary/aromatic N) is 1. The van der Waals surface area contributed by atoms with Crippen molar-refractivity contribution in [2.75, 3.05) is 5.32 Å². The van der Waals surface area contributed by atoms with Gasteiger partial charge in [-0.1, -0.05) is 33.6 Å². The first-order valence-corrected chi connectivity index (χ1v) is 5.59. The highest BCUT2D eigenvalue weighted by atomic mass is 79.9. The Morgan fingerprint density at radius 3 is 3.00 bits per heavy atom. The van der Waals surface area contributed by atoms with Crippen LogP contribution in [0.2, 0.25) is 5.02 Å². The Balaban J connectivity index is 2.05. The fraction of sp³-hybridized carbons (Fsp3) is 0.100. The first kappa shape index (κ1) is 10.5. The average molecular weight is 287 g/mol. The molecule has 2 N–H and O–H groups in total. The highest BCUT2D eigenvalue weighted by molar-refractivity contribution is 9.10. The maximum atomic E-state index is 6.08. The zero-order chi connectivity index (χ0) is 10.7. The van der Waals surface area contributed by atoms with Crippen molar-refractivity contribution in [3.05, 3.63) is 45.7 Å². The standard InChI is InChI=1S/C10H9BrClN3/c11-8-2-1-7(10(12)3-8)4-13-9-5-14-15-6-9/h1-3,5-6,13H,4H2,(H,14,15). The van der Waals surface area contributed by atoms with E-state index < -0.39 is 0 Å². The first-order valence-electron chi connectivity index (χ1n) is 4.42. The first-order chi connectivity index (χ1) is 7.25. The predicted octanol–water partition coefficient (Wildman–Crippen LogP) is 3.44. The SMILES string of the molecule is Clc1cc(Br)ccc1CNc1cn[nH]c1. The molecule has 0 fully saturated rings. The Morgan fingerprint density at radius 2 is 2.33 bits per heavy atom. The van der Waals surface area contributed by atoms with Gasteiger partial charge in [0.2, 0.25) is 0 Å². The molecule has 0 saturated carbocycles. The topological polar surface area (TPSA) is 40.7 Å². The van der Waals surface area contributed by atoms with E-state index >= 15 is 0 Å². The van der Waals surface area contributed by atoms with Gasteiger partial charge in [0.15, 0.2) is 0 Å². The lowest BCUT2D eigenvalue weighted by atomic mass is 10.2. The average Bonchev–Trinajstić information content (AvgIpc) is 2.69. The molecular formula is C10H9BrClN3. The number of aromatic amines is 1. The largest absolute Gasteiger partial charge is 0.378 e. The Bertz CT molecular complexity index is 442. The van der Waals surface area contributed by atoms with Gasteiger partial charge >= 0.3 is 0 Å². The molecule has 0 saturated heterocycles. The van der Waals surface area contributed by atoms with Crippen LogP contribution in [-0.4, -0.2) is 10.2 Å². The summed E-state index contributed by atoms with van der Waals surface area (Å²) in [5.74, 6) is 0. The molecule has 1 heterocycles. The molecule has 0 amide bonds. The van der Waals surface area contributed by atoms with Gasteiger partial charge in [-0.25, -0.2) is 0 Å². The molecule has 0 aliphatic rings. The normalized spacial score (nSPS) is 10.3. The van der Waals surface area contributed by atoms with Gasteiger partial charge in [0.25, 0.3) is 0 Å². The molecule has 3 nitrogen and oxygen atoms in total. The van der Waals surface area contributed by atoms with Crippen molar-refractivity contribution in [2.45, 2.75) is 6.54 Å². The van der Waals surface area contributed by atoms with Gasteiger partial charge in [0, 0.05) is 22.2 Å². The number of benzene rings is 1. The highest BCUT2D eigenvalue weighted by Crippen LogP contribution is 2.22. The minimum absolute atomic E-state index is 0.686. The van der Waals surface area contributed by atoms with Crippen molar-refractivity contribution in [2.24, 2.45) is 0 Å². The van der Waals surface area contributed by atoms with Gasteiger partial charge in [-0.15, -0.1) is 0 Å². The maximum absolute atomic E-state index is 6.08. The number of nitrogens with one attached hydrogen (secondary N) is 2. The number of hydrogen-bond donors (Lipinski definition) is 2. The van der Waals surface area contributed by atoms with Crippen molar-refractivity contribution in [1.29, 1.82) is 0 Å². The molecule has 0 atom stereocenters. The van der Waals surface area contributed by atoms with Crippen molar-refractivity contribution in [1.82, 2.24) is 10.2 Å². The van der Waals surface area contributed by atoms with Gasteiger partial charge in [0.05, 0.1) is 11.9 Å². The molecule has 0 bridgehead atoms. The monoisotopic (exact) mass is 285 g/mol. The molecule has 0 radical (unpaired) electrons. The third kappa shape index (κ3) is 2.73. The van der Waals surface area contributed by atoms with E-state index in [0.717, 1.165) is 20.7 Å². The van der Waals surface area contributed by atoms with Gasteiger partial charge in [-0.2, -0.15) is 5.10 Å². The Kier molecular flexibility index (Phi) is 3.28. The smallest absolute Gasteiger partial charge is 0.0726 e. The minimum atomic E-state index is 0.686. The van der Waals surface area contributed by atoms with Crippen molar-refractivity contribution < 1.29 is 0 Å². The molecule has 0 unspecified atom stereocenters. The third-order valence-corrected chi connectivity index (χ3v) is 2.84. The van der Waals surface area contributed by atoms with E-state index in [-0.39, 0.29) is 0 Å². The number of rotatable bonds is 3. The van der Waals surface area contributed by atoms with Crippen LogP contribution in [0.5, 0.6) is 0 Å². The molecule has 5 heteroatoms. The zero-order valence-electron chi connectivity index (χ0n) is 7.80. The van der Waals surface area contributed by atoms with Gasteiger partial charge in [-0.3, -0.25) is 5.10 Å². The van der Waals surface area contributed by atoms with Crippen LogP contribution < -0.4 is 5.32 Å². The molecule has 78 valence electrons. The van der Waals surface area contributed by atoms with Crippen LogP contribution in [-0.2, 0) is 6.54 Å². The summed E-state index contributed by atoms with van der Waals surface area (Å²) in [6.07, 6.45) is 3.53. The second-order valence-corrected chi connectivity index (χ2v) is 4.40. The van der Waals surface area contributed by atoms with Gasteiger partial charge in [0.1, 0.15) is 0 Å². The summed E-state index contributed by atoms with van der Waals surface area (Å²) in [7, 11) is 0. The lowest BCUT2D eigenvalue weighted by molar-refractivity contribution is 1.09. The zero-order valence-corrected chi connectivity index (χ0v) is 10.1. The van der Waals surface area contributed by atoms with Crippen LogP contribution in [0.15, 0.2) is 35.1 Å². The fourth-order valence-corrected chi connectivity index (χ4v) is 1.95. The molecule has 0 spiro atoms. The van der Waals surface area contributed by atoms with E-state index in [2.05, 4.69) is 31.4 Å². The Morgan fingerprint density at radius 1 is 1.47 bits per heavy atom. The summed E-state index contributed by atoms with van der Waals surface area (Å²) in [5, 5.41) is 10.5. The molecule has 2 aromatic rings. The van der Waals surface area contributed by atoms with E-state index in [1.807, 2.05) is 18.2 Å². The van der Waals surface area contributed by atoms with Crippen molar-refractivity contribution in [3.8, 4) is 0 Å². The number of anilines is 1. The van der Waals surface area contributed by atoms with Crippen LogP contribution in [0, 0.1) is 0 Å². The summed E-state index contributed by atoms with van der Waals surface area (Å²) in [6, 6.07) is 5.84. The van der Waals surface area contributed by atoms with Crippen LogP contribution in [0.4, 0.5) is 5.69 Å². The van der Waals surface area contributed by atoms with Crippen molar-refractivity contribution >= 4 is 33.2 Å². The minimum Gasteiger partial charge on any atom is -0.378 e. The van der Waals surface area contributed by atoms with E-state index in [1.54, 1.807) is 12.4 Å². The number of H-pyrrole nitrogens is 1. The maximum Gasteiger partial charge on any atom is 0.0726 e. The lowest BCUT2D eigenvalue weighted by Crippen LogP contribution is -1.98. The van der Waals surface area contributed by atoms with Crippen LogP contribution in [0.3, 0.4) is 0 Å². The summed E-state index contributed by atoms with van der Waals surface area (Å²) < 4.78 is 0.986. The van der Waals surface area contributed by atoms with Crippen LogP contribution >= 0.6 is 27.5 Å². The third-order valence-electron chi connectivity index (χ3n) is 2.00. The highest BCUT2D eigenvalue weighted by Gasteiger charge is 2.01. The Labute approximate surface area is 101 Å². The van der Waals surface area contributed by atoms with E-state index in [1.165, 1.54) is 0 Å². The number of hydrogen-bond acceptors (Lipinski definition) is 2. The number of aromatic nitrogens is 2. The molecule has 0 aliphatic heterocycles. The van der Waals surface area contributed by atoms with Crippen LogP contribution in [0.25, 0.3) is 0 Å². The second-order valence-electron chi connectivity index (χ2n) is 3.08. The molecule has 1 aromatic carbocycles. The van der Waals surface area contributed by atoms with Crippen molar-refractivity contribution in [3.63, 3.8) is 0 Å². The van der Waals surface area contributed by atoms with Gasteiger partial charge < -0.3 is 5.32 Å². The van der Waals surface area contributed by atoms with E-state index in [0.29, 0.717) is 6.54 Å². The molecule has 15 heavy (non-hydrogen) atoms. The molecule has 0 aliphatic carbocycles. The number of halogens is 2. The summed E-state index contributed by atoms with van der Waals surface area (Å²) in [4.78, 5) is 0. The fourth-order valence-electron chi connectivity index (χ4n) is 1.21. The van der Waals surface area contributed by atoms with E-state index in [4.69, 9.17) is 11.6 Å². The quantitative estimate of drug-likeness (QED) is 0.907.